The van der Waals surface area contributed by atoms with Gasteiger partial charge < -0.3 is 20.0 Å². The average molecular weight is 527 g/mol. The summed E-state index contributed by atoms with van der Waals surface area (Å²) in [6.45, 7) is 3.89. The molecule has 2 aromatic carbocycles. The van der Waals surface area contributed by atoms with E-state index in [0.29, 0.717) is 18.4 Å². The second-order valence-electron chi connectivity index (χ2n) is 10.5. The first-order valence-corrected chi connectivity index (χ1v) is 12.7. The summed E-state index contributed by atoms with van der Waals surface area (Å²) in [5.74, 6) is -3.79. The third-order valence-corrected chi connectivity index (χ3v) is 7.09. The summed E-state index contributed by atoms with van der Waals surface area (Å²) in [6.07, 6.45) is 0.742. The van der Waals surface area contributed by atoms with Crippen LogP contribution in [0.3, 0.4) is 0 Å². The van der Waals surface area contributed by atoms with E-state index in [9.17, 15) is 28.0 Å². The molecule has 2 fully saturated rings. The van der Waals surface area contributed by atoms with E-state index in [2.05, 4.69) is 5.32 Å². The monoisotopic (exact) mass is 526 g/mol. The van der Waals surface area contributed by atoms with Crippen molar-refractivity contribution < 1.29 is 28.0 Å². The van der Waals surface area contributed by atoms with Gasteiger partial charge in [-0.2, -0.15) is 0 Å². The number of hydrogen-bond acceptors (Lipinski definition) is 5. The molecule has 2 saturated heterocycles. The van der Waals surface area contributed by atoms with Gasteiger partial charge in [0.2, 0.25) is 5.91 Å². The van der Waals surface area contributed by atoms with E-state index in [4.69, 9.17) is 0 Å². The Kier molecular flexibility index (Phi) is 7.80. The van der Waals surface area contributed by atoms with Crippen LogP contribution >= 0.6 is 0 Å². The Morgan fingerprint density at radius 2 is 1.66 bits per heavy atom. The Hall–Kier alpha value is -3.82. The van der Waals surface area contributed by atoms with Crippen LogP contribution < -0.4 is 10.2 Å². The Morgan fingerprint density at radius 3 is 2.26 bits per heavy atom. The molecule has 2 aliphatic heterocycles. The molecular weight excluding hydrogens is 494 g/mol. The summed E-state index contributed by atoms with van der Waals surface area (Å²) in [5.41, 5.74) is 1.28. The molecule has 0 aliphatic carbocycles. The number of likely N-dealkylation sites (tertiary alicyclic amines) is 2. The molecule has 1 N–H and O–H groups in total. The molecule has 0 aromatic heterocycles. The maximum atomic E-state index is 13.7. The van der Waals surface area contributed by atoms with Gasteiger partial charge >= 0.3 is 0 Å². The summed E-state index contributed by atoms with van der Waals surface area (Å²) in [6, 6.07) is 7.61. The van der Waals surface area contributed by atoms with E-state index in [1.807, 2.05) is 45.0 Å². The van der Waals surface area contributed by atoms with Gasteiger partial charge in [0.05, 0.1) is 12.6 Å². The molecule has 10 heteroatoms. The van der Waals surface area contributed by atoms with Gasteiger partial charge in [0.25, 0.3) is 11.8 Å². The molecule has 3 amide bonds. The first-order valence-electron chi connectivity index (χ1n) is 12.7. The minimum atomic E-state index is -1.15. The summed E-state index contributed by atoms with van der Waals surface area (Å²) >= 11 is 0. The third kappa shape index (κ3) is 5.39. The molecule has 38 heavy (non-hydrogen) atoms. The zero-order chi connectivity index (χ0) is 27.7. The van der Waals surface area contributed by atoms with Crippen molar-refractivity contribution in [3.05, 3.63) is 65.2 Å². The predicted molar refractivity (Wildman–Crippen MR) is 138 cm³/mol. The molecule has 8 nitrogen and oxygen atoms in total. The van der Waals surface area contributed by atoms with E-state index < -0.39 is 41.6 Å². The number of benzene rings is 2. The van der Waals surface area contributed by atoms with E-state index in [1.54, 1.807) is 12.1 Å². The number of carbonyl (C=O) groups excluding carboxylic acids is 4. The number of anilines is 1. The number of nitrogens with one attached hydrogen (secondary N) is 1. The van der Waals surface area contributed by atoms with Gasteiger partial charge in [-0.3, -0.25) is 19.2 Å². The second-order valence-corrected chi connectivity index (χ2v) is 10.5. The van der Waals surface area contributed by atoms with Gasteiger partial charge in [0.1, 0.15) is 12.1 Å². The molecule has 0 unspecified atom stereocenters. The lowest BCUT2D eigenvalue weighted by Gasteiger charge is -2.29. The number of amides is 3. The van der Waals surface area contributed by atoms with Crippen molar-refractivity contribution in [2.45, 2.75) is 44.8 Å². The number of Topliss-reactive ketones (excluding diaryl/α,β-unsaturated/α-hetero) is 1. The maximum Gasteiger partial charge on any atom is 0.254 e. The highest BCUT2D eigenvalue weighted by molar-refractivity contribution is 6.03. The minimum Gasteiger partial charge on any atom is -0.378 e. The number of carbonyl (C=O) groups is 4. The molecule has 202 valence electrons. The molecule has 2 aromatic rings. The number of rotatable bonds is 7. The van der Waals surface area contributed by atoms with Crippen molar-refractivity contribution >= 4 is 29.2 Å². The first-order chi connectivity index (χ1) is 18.0. The average Bonchev–Trinajstić information content (AvgIpc) is 3.45. The van der Waals surface area contributed by atoms with Crippen LogP contribution in [0.5, 0.6) is 0 Å². The standard InChI is InChI=1S/C28H32F2N4O4/c1-16(2)13-22(31-26(36)17-5-8-19(9-6-17)32(3)4)28(38)33-12-11-23-25(33)24(35)15-34(23)27(37)18-7-10-20(29)21(30)14-18/h5-10,14,16,22-23,25H,11-13,15H2,1-4H3,(H,31,36)/t22-,23+,25-/m0/s1. The molecule has 0 spiro atoms. The van der Waals surface area contributed by atoms with Gasteiger partial charge in [-0.15, -0.1) is 0 Å². The maximum absolute atomic E-state index is 13.7. The topological polar surface area (TPSA) is 90.0 Å². The lowest BCUT2D eigenvalue weighted by molar-refractivity contribution is -0.138. The fourth-order valence-corrected chi connectivity index (χ4v) is 5.18. The lowest BCUT2D eigenvalue weighted by atomic mass is 10.0. The van der Waals surface area contributed by atoms with Gasteiger partial charge in [0.15, 0.2) is 17.4 Å². The molecule has 4 rings (SSSR count). The fourth-order valence-electron chi connectivity index (χ4n) is 5.18. The van der Waals surface area contributed by atoms with E-state index in [0.717, 1.165) is 17.8 Å². The predicted octanol–water partition coefficient (Wildman–Crippen LogP) is 2.87. The normalized spacial score (nSPS) is 19.5. The zero-order valence-corrected chi connectivity index (χ0v) is 21.9. The van der Waals surface area contributed by atoms with Crippen LogP contribution in [0.1, 0.15) is 47.4 Å². The summed E-state index contributed by atoms with van der Waals surface area (Å²) < 4.78 is 27.1. The van der Waals surface area contributed by atoms with Crippen molar-refractivity contribution in [2.75, 3.05) is 32.1 Å². The van der Waals surface area contributed by atoms with Gasteiger partial charge in [-0.05, 0) is 61.2 Å². The quantitative estimate of drug-likeness (QED) is 0.600. The Morgan fingerprint density at radius 1 is 1.00 bits per heavy atom. The van der Waals surface area contributed by atoms with Crippen molar-refractivity contribution in [3.63, 3.8) is 0 Å². The highest BCUT2D eigenvalue weighted by atomic mass is 19.2. The van der Waals surface area contributed by atoms with Crippen LogP contribution in [0.2, 0.25) is 0 Å². The Labute approximate surface area is 220 Å². The van der Waals surface area contributed by atoms with Crippen molar-refractivity contribution in [1.82, 2.24) is 15.1 Å². The number of ketones is 1. The van der Waals surface area contributed by atoms with Crippen LogP contribution in [0.25, 0.3) is 0 Å². The molecule has 2 aliphatic rings. The number of nitrogens with zero attached hydrogens (tertiary/aromatic N) is 3. The first kappa shape index (κ1) is 27.2. The number of halogens is 2. The Balaban J connectivity index is 1.50. The summed E-state index contributed by atoms with van der Waals surface area (Å²) in [5, 5.41) is 2.84. The fraction of sp³-hybridized carbons (Fsp3) is 0.429. The molecular formula is C28H32F2N4O4. The second kappa shape index (κ2) is 10.9. The minimum absolute atomic E-state index is 0.0626. The lowest BCUT2D eigenvalue weighted by Crippen LogP contribution is -2.53. The Bertz CT molecular complexity index is 1250. The van der Waals surface area contributed by atoms with Crippen LogP contribution in [-0.4, -0.2) is 78.6 Å². The van der Waals surface area contributed by atoms with Crippen molar-refractivity contribution in [3.8, 4) is 0 Å². The van der Waals surface area contributed by atoms with E-state index >= 15 is 0 Å². The largest absolute Gasteiger partial charge is 0.378 e. The summed E-state index contributed by atoms with van der Waals surface area (Å²) in [7, 11) is 3.79. The van der Waals surface area contributed by atoms with Crippen molar-refractivity contribution in [1.29, 1.82) is 0 Å². The summed E-state index contributed by atoms with van der Waals surface area (Å²) in [4.78, 5) is 57.4. The highest BCUT2D eigenvalue weighted by Crippen LogP contribution is 2.32. The van der Waals surface area contributed by atoms with Gasteiger partial charge in [0, 0.05) is 37.5 Å². The van der Waals surface area contributed by atoms with Gasteiger partial charge in [-0.1, -0.05) is 13.8 Å². The van der Waals surface area contributed by atoms with Crippen LogP contribution in [-0.2, 0) is 9.59 Å². The smallest absolute Gasteiger partial charge is 0.254 e. The highest BCUT2D eigenvalue weighted by Gasteiger charge is 2.52. The molecule has 0 radical (unpaired) electrons. The van der Waals surface area contributed by atoms with Crippen LogP contribution in [0, 0.1) is 17.6 Å². The number of fused-ring (bicyclic) bond motifs is 1. The molecule has 2 heterocycles. The molecule has 3 atom stereocenters. The van der Waals surface area contributed by atoms with Crippen LogP contribution in [0.15, 0.2) is 42.5 Å². The van der Waals surface area contributed by atoms with E-state index in [-0.39, 0.29) is 36.3 Å². The number of hydrogen-bond donors (Lipinski definition) is 1. The SMILES string of the molecule is CC(C)C[C@H](NC(=O)c1ccc(N(C)C)cc1)C(=O)N1CC[C@@H]2[C@H]1C(=O)CN2C(=O)c1ccc(F)c(F)c1. The molecule has 0 bridgehead atoms. The van der Waals surface area contributed by atoms with E-state index in [1.165, 1.54) is 15.9 Å². The molecule has 0 saturated carbocycles. The third-order valence-electron chi connectivity index (χ3n) is 7.09. The van der Waals surface area contributed by atoms with Crippen molar-refractivity contribution in [2.24, 2.45) is 5.92 Å². The zero-order valence-electron chi connectivity index (χ0n) is 21.9. The van der Waals surface area contributed by atoms with Crippen LogP contribution in [0.4, 0.5) is 14.5 Å². The van der Waals surface area contributed by atoms with Gasteiger partial charge in [-0.25, -0.2) is 8.78 Å².